The third-order valence-electron chi connectivity index (χ3n) is 3.02. The van der Waals surface area contributed by atoms with E-state index >= 15 is 0 Å². The lowest BCUT2D eigenvalue weighted by Crippen LogP contribution is -2.40. The third kappa shape index (κ3) is 4.24. The van der Waals surface area contributed by atoms with Gasteiger partial charge in [0.15, 0.2) is 0 Å². The first-order chi connectivity index (χ1) is 8.75. The Hall–Kier alpha value is -1.56. The molecule has 3 nitrogen and oxygen atoms in total. The molecule has 0 saturated carbocycles. The molecule has 1 amide bonds. The van der Waals surface area contributed by atoms with E-state index in [9.17, 15) is 18.0 Å². The molecule has 0 bridgehead atoms. The average Bonchev–Trinajstić information content (AvgIpc) is 2.36. The van der Waals surface area contributed by atoms with Crippen LogP contribution < -0.4 is 11.1 Å². The monoisotopic (exact) mass is 274 g/mol. The van der Waals surface area contributed by atoms with E-state index in [0.717, 1.165) is 18.6 Å². The second kappa shape index (κ2) is 6.06. The summed E-state index contributed by atoms with van der Waals surface area (Å²) in [5, 5.41) is 2.41. The van der Waals surface area contributed by atoms with Gasteiger partial charge in [0.2, 0.25) is 5.91 Å². The van der Waals surface area contributed by atoms with E-state index in [2.05, 4.69) is 5.32 Å². The first kappa shape index (κ1) is 15.5. The molecule has 0 aromatic heterocycles. The zero-order valence-electron chi connectivity index (χ0n) is 10.8. The number of nitrogens with two attached hydrogens (primary N) is 1. The van der Waals surface area contributed by atoms with Crippen molar-refractivity contribution in [2.24, 2.45) is 11.7 Å². The third-order valence-corrected chi connectivity index (χ3v) is 3.02. The van der Waals surface area contributed by atoms with Crippen LogP contribution in [0, 0.1) is 5.92 Å². The lowest BCUT2D eigenvalue weighted by molar-refractivity contribution is -0.137. The predicted molar refractivity (Wildman–Crippen MR) is 67.5 cm³/mol. The first-order valence-corrected chi connectivity index (χ1v) is 5.99. The summed E-state index contributed by atoms with van der Waals surface area (Å²) in [6, 6.07) is 3.74. The Balaban J connectivity index is 2.80. The Morgan fingerprint density at radius 3 is 2.58 bits per heavy atom. The SMILES string of the molecule is CC[C@H](C)[C@H](N)C(=O)Nc1cccc(C(F)(F)F)c1. The number of anilines is 1. The van der Waals surface area contributed by atoms with Crippen LogP contribution in [0.1, 0.15) is 25.8 Å². The molecule has 0 heterocycles. The molecule has 0 radical (unpaired) electrons. The normalized spacial score (nSPS) is 14.8. The molecule has 1 aromatic carbocycles. The number of carbonyl (C=O) groups is 1. The largest absolute Gasteiger partial charge is 0.416 e. The number of benzene rings is 1. The summed E-state index contributed by atoms with van der Waals surface area (Å²) in [6.07, 6.45) is -3.71. The second-order valence-corrected chi connectivity index (χ2v) is 4.48. The molecule has 1 rings (SSSR count). The van der Waals surface area contributed by atoms with Gasteiger partial charge in [-0.05, 0) is 24.1 Å². The molecule has 0 saturated heterocycles. The van der Waals surface area contributed by atoms with Crippen molar-refractivity contribution in [3.63, 3.8) is 0 Å². The Morgan fingerprint density at radius 1 is 1.42 bits per heavy atom. The summed E-state index contributed by atoms with van der Waals surface area (Å²) in [5.41, 5.74) is 5.00. The van der Waals surface area contributed by atoms with Crippen LogP contribution in [0.4, 0.5) is 18.9 Å². The van der Waals surface area contributed by atoms with Crippen molar-refractivity contribution in [1.82, 2.24) is 0 Å². The maximum Gasteiger partial charge on any atom is 0.416 e. The standard InChI is InChI=1S/C13H17F3N2O/c1-3-8(2)11(17)12(19)18-10-6-4-5-9(7-10)13(14,15)16/h4-8,11H,3,17H2,1-2H3,(H,18,19)/t8-,11-/m0/s1. The van der Waals surface area contributed by atoms with E-state index in [-0.39, 0.29) is 11.6 Å². The van der Waals surface area contributed by atoms with Gasteiger partial charge in [-0.1, -0.05) is 26.3 Å². The van der Waals surface area contributed by atoms with Crippen LogP contribution in [0.5, 0.6) is 0 Å². The van der Waals surface area contributed by atoms with Gasteiger partial charge in [0.1, 0.15) is 0 Å². The van der Waals surface area contributed by atoms with Crippen molar-refractivity contribution in [3.8, 4) is 0 Å². The highest BCUT2D eigenvalue weighted by atomic mass is 19.4. The quantitative estimate of drug-likeness (QED) is 0.886. The molecule has 19 heavy (non-hydrogen) atoms. The maximum atomic E-state index is 12.5. The number of alkyl halides is 3. The van der Waals surface area contributed by atoms with E-state index in [4.69, 9.17) is 5.73 Å². The van der Waals surface area contributed by atoms with E-state index in [1.54, 1.807) is 0 Å². The van der Waals surface area contributed by atoms with Crippen molar-refractivity contribution < 1.29 is 18.0 Å². The lowest BCUT2D eigenvalue weighted by Gasteiger charge is -2.18. The Bertz CT molecular complexity index is 446. The van der Waals surface area contributed by atoms with Crippen molar-refractivity contribution in [1.29, 1.82) is 0 Å². The molecule has 0 aliphatic rings. The lowest BCUT2D eigenvalue weighted by atomic mass is 9.99. The Labute approximate surface area is 110 Å². The van der Waals surface area contributed by atoms with Gasteiger partial charge < -0.3 is 11.1 Å². The summed E-state index contributed by atoms with van der Waals surface area (Å²) in [5.74, 6) is -0.514. The van der Waals surface area contributed by atoms with Crippen LogP contribution in [-0.4, -0.2) is 11.9 Å². The smallest absolute Gasteiger partial charge is 0.325 e. The van der Waals surface area contributed by atoms with Crippen LogP contribution in [0.3, 0.4) is 0 Å². The first-order valence-electron chi connectivity index (χ1n) is 5.99. The van der Waals surface area contributed by atoms with Crippen LogP contribution in [0.2, 0.25) is 0 Å². The van der Waals surface area contributed by atoms with Crippen molar-refractivity contribution in [2.45, 2.75) is 32.5 Å². The number of nitrogens with one attached hydrogen (secondary N) is 1. The average molecular weight is 274 g/mol. The molecule has 0 spiro atoms. The molecule has 0 fully saturated rings. The summed E-state index contributed by atoms with van der Waals surface area (Å²) < 4.78 is 37.5. The molecule has 106 valence electrons. The number of amides is 1. The highest BCUT2D eigenvalue weighted by Crippen LogP contribution is 2.30. The van der Waals surface area contributed by atoms with Gasteiger partial charge in [0.05, 0.1) is 11.6 Å². The number of hydrogen-bond donors (Lipinski definition) is 2. The minimum atomic E-state index is -4.43. The van der Waals surface area contributed by atoms with Crippen LogP contribution in [0.25, 0.3) is 0 Å². The molecule has 0 aliphatic heterocycles. The molecule has 2 atom stereocenters. The van der Waals surface area contributed by atoms with Crippen molar-refractivity contribution in [2.75, 3.05) is 5.32 Å². The van der Waals surface area contributed by atoms with Gasteiger partial charge in [0.25, 0.3) is 0 Å². The number of hydrogen-bond acceptors (Lipinski definition) is 2. The van der Waals surface area contributed by atoms with E-state index in [1.807, 2.05) is 13.8 Å². The molecule has 0 aliphatic carbocycles. The summed E-state index contributed by atoms with van der Waals surface area (Å²) >= 11 is 0. The van der Waals surface area contributed by atoms with Crippen molar-refractivity contribution in [3.05, 3.63) is 29.8 Å². The topological polar surface area (TPSA) is 55.1 Å². The molecular formula is C13H17F3N2O. The Morgan fingerprint density at radius 2 is 2.05 bits per heavy atom. The summed E-state index contributed by atoms with van der Waals surface area (Å²) in [7, 11) is 0. The fraction of sp³-hybridized carbons (Fsp3) is 0.462. The highest BCUT2D eigenvalue weighted by molar-refractivity contribution is 5.94. The minimum Gasteiger partial charge on any atom is -0.325 e. The zero-order chi connectivity index (χ0) is 14.6. The van der Waals surface area contributed by atoms with Gasteiger partial charge >= 0.3 is 6.18 Å². The van der Waals surface area contributed by atoms with Gasteiger partial charge in [-0.15, -0.1) is 0 Å². The summed E-state index contributed by atoms with van der Waals surface area (Å²) in [4.78, 5) is 11.8. The fourth-order valence-electron chi connectivity index (χ4n) is 1.51. The predicted octanol–water partition coefficient (Wildman–Crippen LogP) is 3.02. The van der Waals surface area contributed by atoms with Crippen LogP contribution in [-0.2, 0) is 11.0 Å². The van der Waals surface area contributed by atoms with Crippen LogP contribution >= 0.6 is 0 Å². The van der Waals surface area contributed by atoms with Gasteiger partial charge in [-0.25, -0.2) is 0 Å². The number of halogens is 3. The van der Waals surface area contributed by atoms with Crippen LogP contribution in [0.15, 0.2) is 24.3 Å². The zero-order valence-corrected chi connectivity index (χ0v) is 10.8. The molecule has 1 aromatic rings. The minimum absolute atomic E-state index is 0.0363. The fourth-order valence-corrected chi connectivity index (χ4v) is 1.51. The summed E-state index contributed by atoms with van der Waals surface area (Å²) in [6.45, 7) is 3.71. The molecule has 3 N–H and O–H groups in total. The second-order valence-electron chi connectivity index (χ2n) is 4.48. The molecule has 0 unspecified atom stereocenters. The van der Waals surface area contributed by atoms with Gasteiger partial charge in [0, 0.05) is 5.69 Å². The maximum absolute atomic E-state index is 12.5. The highest BCUT2D eigenvalue weighted by Gasteiger charge is 2.30. The molecule has 6 heteroatoms. The Kier molecular flexibility index (Phi) is 4.94. The van der Waals surface area contributed by atoms with Crippen molar-refractivity contribution >= 4 is 11.6 Å². The molecular weight excluding hydrogens is 257 g/mol. The van der Waals surface area contributed by atoms with E-state index in [1.165, 1.54) is 12.1 Å². The van der Waals surface area contributed by atoms with E-state index in [0.29, 0.717) is 0 Å². The van der Waals surface area contributed by atoms with Gasteiger partial charge in [-0.3, -0.25) is 4.79 Å². The number of rotatable bonds is 4. The van der Waals surface area contributed by atoms with Gasteiger partial charge in [-0.2, -0.15) is 13.2 Å². The number of carbonyl (C=O) groups excluding carboxylic acids is 1. The van der Waals surface area contributed by atoms with E-state index < -0.39 is 23.7 Å².